The van der Waals surface area contributed by atoms with Crippen molar-refractivity contribution < 1.29 is 17.6 Å². The average Bonchev–Trinajstić information content (AvgIpc) is 3.24. The van der Waals surface area contributed by atoms with Gasteiger partial charge in [-0.2, -0.15) is 0 Å². The van der Waals surface area contributed by atoms with Crippen molar-refractivity contribution in [3.63, 3.8) is 0 Å². The van der Waals surface area contributed by atoms with Gasteiger partial charge in [-0.05, 0) is 75.1 Å². The van der Waals surface area contributed by atoms with Crippen LogP contribution in [0.4, 0.5) is 4.39 Å². The molecule has 2 aromatic carbocycles. The fraction of sp³-hybridized carbons (Fsp3) is 0.435. The van der Waals surface area contributed by atoms with Crippen molar-refractivity contribution in [1.82, 2.24) is 4.90 Å². The summed E-state index contributed by atoms with van der Waals surface area (Å²) in [5, 5.41) is -0.505. The van der Waals surface area contributed by atoms with Gasteiger partial charge in [0.1, 0.15) is 5.82 Å². The third kappa shape index (κ3) is 5.04. The van der Waals surface area contributed by atoms with E-state index in [0.717, 1.165) is 31.2 Å². The SMILES string of the molecule is CC(C)S(=O)(=O)c1ccc(C(=O)N(CCc2ccc(F)cc2)C2CCCC2)cc1. The van der Waals surface area contributed by atoms with Crippen molar-refractivity contribution in [1.29, 1.82) is 0 Å². The van der Waals surface area contributed by atoms with Crippen LogP contribution in [-0.2, 0) is 16.3 Å². The lowest BCUT2D eigenvalue weighted by molar-refractivity contribution is 0.0684. The topological polar surface area (TPSA) is 54.5 Å². The molecule has 0 radical (unpaired) electrons. The zero-order valence-corrected chi connectivity index (χ0v) is 17.8. The van der Waals surface area contributed by atoms with E-state index in [-0.39, 0.29) is 22.7 Å². The van der Waals surface area contributed by atoms with Crippen LogP contribution in [0.2, 0.25) is 0 Å². The number of nitrogens with zero attached hydrogens (tertiary/aromatic N) is 1. The quantitative estimate of drug-likeness (QED) is 0.660. The number of amides is 1. The lowest BCUT2D eigenvalue weighted by Gasteiger charge is -2.29. The molecule has 0 aromatic heterocycles. The van der Waals surface area contributed by atoms with Gasteiger partial charge in [0.05, 0.1) is 10.1 Å². The van der Waals surface area contributed by atoms with Gasteiger partial charge in [-0.25, -0.2) is 12.8 Å². The second-order valence-corrected chi connectivity index (χ2v) is 10.4. The molecule has 0 spiro atoms. The molecule has 1 aliphatic rings. The molecule has 0 saturated heterocycles. The molecular weight excluding hydrogens is 389 g/mol. The molecule has 2 aromatic rings. The monoisotopic (exact) mass is 417 g/mol. The van der Waals surface area contributed by atoms with E-state index in [1.54, 1.807) is 38.1 Å². The van der Waals surface area contributed by atoms with Crippen molar-refractivity contribution in [3.05, 3.63) is 65.5 Å². The Labute approximate surface area is 172 Å². The first-order valence-electron chi connectivity index (χ1n) is 10.2. The van der Waals surface area contributed by atoms with Crippen molar-refractivity contribution in [2.24, 2.45) is 0 Å². The largest absolute Gasteiger partial charge is 0.335 e. The third-order valence-electron chi connectivity index (χ3n) is 5.63. The van der Waals surface area contributed by atoms with E-state index in [0.29, 0.717) is 18.5 Å². The fourth-order valence-corrected chi connectivity index (χ4v) is 4.85. The Bertz CT molecular complexity index is 931. The summed E-state index contributed by atoms with van der Waals surface area (Å²) >= 11 is 0. The highest BCUT2D eigenvalue weighted by atomic mass is 32.2. The number of benzene rings is 2. The first kappa shape index (κ1) is 21.5. The molecule has 0 bridgehead atoms. The maximum absolute atomic E-state index is 13.2. The molecule has 156 valence electrons. The number of rotatable bonds is 7. The highest BCUT2D eigenvalue weighted by Crippen LogP contribution is 2.26. The van der Waals surface area contributed by atoms with Gasteiger partial charge in [0.2, 0.25) is 0 Å². The van der Waals surface area contributed by atoms with E-state index in [1.165, 1.54) is 24.3 Å². The second-order valence-electron chi connectivity index (χ2n) is 7.93. The number of carbonyl (C=O) groups is 1. The van der Waals surface area contributed by atoms with Crippen LogP contribution in [0, 0.1) is 5.82 Å². The standard InChI is InChI=1S/C23H28FNO3S/c1-17(2)29(27,28)22-13-9-19(10-14-22)23(26)25(21-5-3-4-6-21)16-15-18-7-11-20(24)12-8-18/h7-14,17,21H,3-6,15-16H2,1-2H3. The molecule has 1 saturated carbocycles. The Kier molecular flexibility index (Phi) is 6.73. The summed E-state index contributed by atoms with van der Waals surface area (Å²) in [5.41, 5.74) is 1.49. The van der Waals surface area contributed by atoms with Crippen molar-refractivity contribution in [2.75, 3.05) is 6.54 Å². The van der Waals surface area contributed by atoms with E-state index < -0.39 is 15.1 Å². The van der Waals surface area contributed by atoms with Gasteiger partial charge >= 0.3 is 0 Å². The molecule has 0 atom stereocenters. The number of carbonyl (C=O) groups excluding carboxylic acids is 1. The number of hydrogen-bond donors (Lipinski definition) is 0. The Morgan fingerprint density at radius 1 is 1.03 bits per heavy atom. The second kappa shape index (κ2) is 9.08. The van der Waals surface area contributed by atoms with E-state index in [2.05, 4.69) is 0 Å². The summed E-state index contributed by atoms with van der Waals surface area (Å²) in [5.74, 6) is -0.346. The van der Waals surface area contributed by atoms with E-state index in [9.17, 15) is 17.6 Å². The maximum Gasteiger partial charge on any atom is 0.254 e. The molecule has 29 heavy (non-hydrogen) atoms. The van der Waals surface area contributed by atoms with Crippen molar-refractivity contribution in [2.45, 2.75) is 62.1 Å². The molecule has 0 aliphatic heterocycles. The molecule has 1 amide bonds. The minimum atomic E-state index is -3.36. The fourth-order valence-electron chi connectivity index (χ4n) is 3.79. The minimum absolute atomic E-state index is 0.0764. The zero-order chi connectivity index (χ0) is 21.0. The van der Waals surface area contributed by atoms with Crippen LogP contribution in [0.5, 0.6) is 0 Å². The van der Waals surface area contributed by atoms with Gasteiger partial charge in [-0.3, -0.25) is 4.79 Å². The van der Waals surface area contributed by atoms with Crippen LogP contribution in [0.1, 0.15) is 55.5 Å². The van der Waals surface area contributed by atoms with Gasteiger partial charge in [0, 0.05) is 18.2 Å². The highest BCUT2D eigenvalue weighted by Gasteiger charge is 2.28. The van der Waals surface area contributed by atoms with E-state index >= 15 is 0 Å². The highest BCUT2D eigenvalue weighted by molar-refractivity contribution is 7.92. The molecule has 0 heterocycles. The number of sulfone groups is 1. The van der Waals surface area contributed by atoms with Gasteiger partial charge < -0.3 is 4.90 Å². The first-order chi connectivity index (χ1) is 13.8. The Balaban J connectivity index is 1.78. The van der Waals surface area contributed by atoms with Crippen LogP contribution < -0.4 is 0 Å². The normalized spacial score (nSPS) is 15.0. The number of halogens is 1. The van der Waals surface area contributed by atoms with Crippen LogP contribution in [0.3, 0.4) is 0 Å². The van der Waals surface area contributed by atoms with Crippen molar-refractivity contribution >= 4 is 15.7 Å². The summed E-state index contributed by atoms with van der Waals surface area (Å²) in [7, 11) is -3.36. The van der Waals surface area contributed by atoms with Gasteiger partial charge in [0.25, 0.3) is 5.91 Å². The summed E-state index contributed by atoms with van der Waals surface area (Å²) < 4.78 is 37.8. The smallest absolute Gasteiger partial charge is 0.254 e. The van der Waals surface area contributed by atoms with Crippen LogP contribution in [0.15, 0.2) is 53.4 Å². The summed E-state index contributed by atoms with van der Waals surface area (Å²) in [6, 6.07) is 12.8. The average molecular weight is 418 g/mol. The van der Waals surface area contributed by atoms with E-state index in [1.807, 2.05) is 4.90 Å². The van der Waals surface area contributed by atoms with E-state index in [4.69, 9.17) is 0 Å². The Morgan fingerprint density at radius 3 is 2.17 bits per heavy atom. The van der Waals surface area contributed by atoms with Crippen LogP contribution in [0.25, 0.3) is 0 Å². The molecule has 0 unspecified atom stereocenters. The van der Waals surface area contributed by atoms with Gasteiger partial charge in [-0.1, -0.05) is 25.0 Å². The molecule has 1 fully saturated rings. The molecule has 6 heteroatoms. The lowest BCUT2D eigenvalue weighted by atomic mass is 10.1. The summed E-state index contributed by atoms with van der Waals surface area (Å²) in [6.45, 7) is 3.85. The molecule has 4 nitrogen and oxygen atoms in total. The lowest BCUT2D eigenvalue weighted by Crippen LogP contribution is -2.40. The molecule has 0 N–H and O–H groups in total. The Hall–Kier alpha value is -2.21. The van der Waals surface area contributed by atoms with Crippen LogP contribution in [-0.4, -0.2) is 37.1 Å². The first-order valence-corrected chi connectivity index (χ1v) is 11.7. The van der Waals surface area contributed by atoms with Crippen molar-refractivity contribution in [3.8, 4) is 0 Å². The predicted octanol–water partition coefficient (Wildman–Crippen LogP) is 4.64. The maximum atomic E-state index is 13.2. The van der Waals surface area contributed by atoms with Crippen LogP contribution >= 0.6 is 0 Å². The number of hydrogen-bond acceptors (Lipinski definition) is 3. The summed E-state index contributed by atoms with van der Waals surface area (Å²) in [6.07, 6.45) is 4.83. The minimum Gasteiger partial charge on any atom is -0.335 e. The summed E-state index contributed by atoms with van der Waals surface area (Å²) in [4.78, 5) is 15.4. The molecule has 3 rings (SSSR count). The zero-order valence-electron chi connectivity index (χ0n) is 17.0. The molecular formula is C23H28FNO3S. The Morgan fingerprint density at radius 2 is 1.62 bits per heavy atom. The predicted molar refractivity (Wildman–Crippen MR) is 112 cm³/mol. The molecule has 1 aliphatic carbocycles. The van der Waals surface area contributed by atoms with Gasteiger partial charge in [0.15, 0.2) is 9.84 Å². The third-order valence-corrected chi connectivity index (χ3v) is 7.80. The van der Waals surface area contributed by atoms with Gasteiger partial charge in [-0.15, -0.1) is 0 Å².